The summed E-state index contributed by atoms with van der Waals surface area (Å²) in [5.41, 5.74) is 1.56. The topological polar surface area (TPSA) is 80.9 Å². The number of carbonyl (C=O) groups is 1. The van der Waals surface area contributed by atoms with Crippen LogP contribution in [0.2, 0.25) is 0 Å². The Morgan fingerprint density at radius 3 is 2.81 bits per heavy atom. The fourth-order valence-electron chi connectivity index (χ4n) is 1.73. The van der Waals surface area contributed by atoms with E-state index in [0.717, 1.165) is 5.56 Å². The Hall–Kier alpha value is -2.54. The van der Waals surface area contributed by atoms with Crippen LogP contribution < -0.4 is 5.32 Å². The van der Waals surface area contributed by atoms with Crippen LogP contribution in [0.1, 0.15) is 21.2 Å². The molecule has 2 aromatic heterocycles. The number of aryl methyl sites for hydroxylation is 1. The molecule has 0 spiro atoms. The average Bonchev–Trinajstić information content (AvgIpc) is 3.14. The predicted octanol–water partition coefficient (Wildman–Crippen LogP) is 2.43. The second-order valence-electron chi connectivity index (χ2n) is 4.35. The van der Waals surface area contributed by atoms with Crippen LogP contribution in [0.25, 0.3) is 11.6 Å². The van der Waals surface area contributed by atoms with Crippen molar-refractivity contribution in [2.75, 3.05) is 0 Å². The van der Waals surface area contributed by atoms with Crippen LogP contribution in [0.5, 0.6) is 0 Å². The highest BCUT2D eigenvalue weighted by molar-refractivity contribution is 7.12. The zero-order chi connectivity index (χ0) is 14.7. The number of hydrogen-bond donors (Lipinski definition) is 1. The summed E-state index contributed by atoms with van der Waals surface area (Å²) in [6, 6.07) is 9.70. The second-order valence-corrected chi connectivity index (χ2v) is 5.21. The largest absolute Gasteiger partial charge is 0.346 e. The van der Waals surface area contributed by atoms with E-state index in [1.807, 2.05) is 30.3 Å². The van der Waals surface area contributed by atoms with Gasteiger partial charge in [0.05, 0.1) is 0 Å². The molecule has 6 nitrogen and oxygen atoms in total. The molecule has 0 fully saturated rings. The Kier molecular flexibility index (Phi) is 3.74. The normalized spacial score (nSPS) is 10.5. The Balaban J connectivity index is 1.67. The van der Waals surface area contributed by atoms with Gasteiger partial charge in [-0.25, -0.2) is 4.98 Å². The average molecular weight is 300 g/mol. The molecule has 3 aromatic rings. The van der Waals surface area contributed by atoms with Gasteiger partial charge in [-0.05, 0) is 12.5 Å². The molecular weight excluding hydrogens is 288 g/mol. The van der Waals surface area contributed by atoms with Crippen molar-refractivity contribution in [2.45, 2.75) is 13.5 Å². The van der Waals surface area contributed by atoms with Gasteiger partial charge in [-0.1, -0.05) is 35.5 Å². The maximum atomic E-state index is 12.0. The second kappa shape index (κ2) is 5.84. The van der Waals surface area contributed by atoms with Crippen molar-refractivity contribution >= 4 is 17.2 Å². The van der Waals surface area contributed by atoms with Crippen molar-refractivity contribution < 1.29 is 9.32 Å². The van der Waals surface area contributed by atoms with E-state index in [-0.39, 0.29) is 5.91 Å². The number of nitrogens with zero attached hydrogens (tertiary/aromatic N) is 3. The van der Waals surface area contributed by atoms with E-state index in [1.165, 1.54) is 11.3 Å². The molecule has 2 heterocycles. The fraction of sp³-hybridized carbons (Fsp3) is 0.143. The number of benzene rings is 1. The quantitative estimate of drug-likeness (QED) is 0.800. The lowest BCUT2D eigenvalue weighted by Crippen LogP contribution is -2.22. The van der Waals surface area contributed by atoms with Crippen molar-refractivity contribution in [3.8, 4) is 11.6 Å². The third kappa shape index (κ3) is 3.14. The van der Waals surface area contributed by atoms with Crippen molar-refractivity contribution in [3.63, 3.8) is 0 Å². The van der Waals surface area contributed by atoms with Gasteiger partial charge >= 0.3 is 0 Å². The molecule has 0 aliphatic rings. The minimum atomic E-state index is -0.216. The lowest BCUT2D eigenvalue weighted by molar-refractivity contribution is 0.0950. The zero-order valence-electron chi connectivity index (χ0n) is 11.2. The first-order valence-electron chi connectivity index (χ1n) is 6.31. The molecule has 7 heteroatoms. The molecule has 106 valence electrons. The molecule has 0 aliphatic heterocycles. The smallest absolute Gasteiger partial charge is 0.280 e. The van der Waals surface area contributed by atoms with Crippen molar-refractivity contribution in [1.82, 2.24) is 20.4 Å². The maximum absolute atomic E-state index is 12.0. The Labute approximate surface area is 124 Å². The third-order valence-electron chi connectivity index (χ3n) is 2.74. The number of amides is 1. The summed E-state index contributed by atoms with van der Waals surface area (Å²) >= 11 is 1.25. The van der Waals surface area contributed by atoms with Crippen LogP contribution in [0.15, 0.2) is 40.2 Å². The molecule has 0 saturated heterocycles. The summed E-state index contributed by atoms with van der Waals surface area (Å²) in [4.78, 5) is 20.3. The van der Waals surface area contributed by atoms with E-state index in [1.54, 1.807) is 12.3 Å². The highest BCUT2D eigenvalue weighted by Gasteiger charge is 2.15. The van der Waals surface area contributed by atoms with Crippen LogP contribution in [0.4, 0.5) is 0 Å². The molecule has 21 heavy (non-hydrogen) atoms. The fourth-order valence-corrected chi connectivity index (χ4v) is 2.44. The van der Waals surface area contributed by atoms with Gasteiger partial charge < -0.3 is 9.84 Å². The van der Waals surface area contributed by atoms with Gasteiger partial charge in [0, 0.05) is 11.9 Å². The number of aromatic nitrogens is 3. The summed E-state index contributed by atoms with van der Waals surface area (Å²) < 4.78 is 5.02. The molecule has 3 rings (SSSR count). The Bertz CT molecular complexity index is 751. The van der Waals surface area contributed by atoms with E-state index in [4.69, 9.17) is 4.52 Å². The molecule has 1 aromatic carbocycles. The molecular formula is C14H12N4O2S. The zero-order valence-corrected chi connectivity index (χ0v) is 12.1. The van der Waals surface area contributed by atoms with Gasteiger partial charge in [0.1, 0.15) is 5.69 Å². The van der Waals surface area contributed by atoms with E-state index < -0.39 is 0 Å². The van der Waals surface area contributed by atoms with Crippen molar-refractivity contribution in [1.29, 1.82) is 0 Å². The van der Waals surface area contributed by atoms with E-state index in [2.05, 4.69) is 20.4 Å². The summed E-state index contributed by atoms with van der Waals surface area (Å²) in [6.07, 6.45) is 0. The first-order valence-corrected chi connectivity index (χ1v) is 7.18. The van der Waals surface area contributed by atoms with Crippen molar-refractivity contribution in [3.05, 3.63) is 52.1 Å². The highest BCUT2D eigenvalue weighted by atomic mass is 32.1. The van der Waals surface area contributed by atoms with Gasteiger partial charge in [-0.3, -0.25) is 4.79 Å². The number of nitrogens with one attached hydrogen (secondary N) is 1. The number of rotatable bonds is 4. The first-order chi connectivity index (χ1) is 10.2. The highest BCUT2D eigenvalue weighted by Crippen LogP contribution is 2.20. The molecule has 1 N–H and O–H groups in total. The molecule has 0 unspecified atom stereocenters. The molecule has 0 radical (unpaired) electrons. The Morgan fingerprint density at radius 2 is 2.10 bits per heavy atom. The van der Waals surface area contributed by atoms with Gasteiger partial charge in [-0.2, -0.15) is 4.98 Å². The SMILES string of the molecule is Cc1noc(-c2csc(C(=O)NCc3ccccc3)n2)n1. The molecule has 0 atom stereocenters. The lowest BCUT2D eigenvalue weighted by atomic mass is 10.2. The number of thiazole rings is 1. The predicted molar refractivity (Wildman–Crippen MR) is 77.8 cm³/mol. The monoisotopic (exact) mass is 300 g/mol. The van der Waals surface area contributed by atoms with Crippen molar-refractivity contribution in [2.24, 2.45) is 0 Å². The Morgan fingerprint density at radius 1 is 1.29 bits per heavy atom. The summed E-state index contributed by atoms with van der Waals surface area (Å²) in [6.45, 7) is 2.20. The van der Waals surface area contributed by atoms with Crippen LogP contribution in [-0.4, -0.2) is 21.0 Å². The van der Waals surface area contributed by atoms with E-state index in [9.17, 15) is 4.79 Å². The van der Waals surface area contributed by atoms with Crippen LogP contribution in [-0.2, 0) is 6.54 Å². The van der Waals surface area contributed by atoms with Gasteiger partial charge in [0.25, 0.3) is 11.8 Å². The summed E-state index contributed by atoms with van der Waals surface area (Å²) in [5, 5.41) is 8.63. The molecule has 0 aliphatic carbocycles. The minimum absolute atomic E-state index is 0.216. The van der Waals surface area contributed by atoms with E-state index >= 15 is 0 Å². The minimum Gasteiger partial charge on any atom is -0.346 e. The molecule has 1 amide bonds. The maximum Gasteiger partial charge on any atom is 0.280 e. The van der Waals surface area contributed by atoms with Crippen LogP contribution in [0, 0.1) is 6.92 Å². The number of carbonyl (C=O) groups excluding carboxylic acids is 1. The van der Waals surface area contributed by atoms with Crippen LogP contribution >= 0.6 is 11.3 Å². The van der Waals surface area contributed by atoms with E-state index in [0.29, 0.717) is 29.0 Å². The molecule has 0 saturated carbocycles. The molecule has 0 bridgehead atoms. The van der Waals surface area contributed by atoms with Gasteiger partial charge in [0.15, 0.2) is 10.8 Å². The summed E-state index contributed by atoms with van der Waals surface area (Å²) in [7, 11) is 0. The van der Waals surface area contributed by atoms with Gasteiger partial charge in [-0.15, -0.1) is 11.3 Å². The van der Waals surface area contributed by atoms with Crippen LogP contribution in [0.3, 0.4) is 0 Å². The summed E-state index contributed by atoms with van der Waals surface area (Å²) in [5.74, 6) is 0.644. The van der Waals surface area contributed by atoms with Gasteiger partial charge in [0.2, 0.25) is 0 Å². The third-order valence-corrected chi connectivity index (χ3v) is 3.58. The first kappa shape index (κ1) is 13.4. The standard InChI is InChI=1S/C14H12N4O2S/c1-9-16-13(20-18-9)11-8-21-14(17-11)12(19)15-7-10-5-3-2-4-6-10/h2-6,8H,7H2,1H3,(H,15,19). The lowest BCUT2D eigenvalue weighted by Gasteiger charge is -2.02. The number of hydrogen-bond acceptors (Lipinski definition) is 6.